The molecule has 47 heavy (non-hydrogen) atoms. The minimum Gasteiger partial charge on any atom is -0.344 e. The lowest BCUT2D eigenvalue weighted by Gasteiger charge is -2.27. The van der Waals surface area contributed by atoms with Crippen molar-refractivity contribution in [2.75, 3.05) is 29.5 Å². The third-order valence-corrected chi connectivity index (χ3v) is 11.7. The van der Waals surface area contributed by atoms with Crippen molar-refractivity contribution in [3.63, 3.8) is 0 Å². The molecule has 0 saturated heterocycles. The lowest BCUT2D eigenvalue weighted by molar-refractivity contribution is -0.438. The maximum absolute atomic E-state index is 11.2. The zero-order valence-electron chi connectivity index (χ0n) is 27.2. The summed E-state index contributed by atoms with van der Waals surface area (Å²) in [6, 6.07) is 12.9. The van der Waals surface area contributed by atoms with E-state index in [1.807, 2.05) is 30.4 Å². The molecule has 254 valence electrons. The van der Waals surface area contributed by atoms with Gasteiger partial charge in [-0.2, -0.15) is 21.4 Å². The predicted molar refractivity (Wildman–Crippen MR) is 208 cm³/mol. The second-order valence-electron chi connectivity index (χ2n) is 12.9. The average Bonchev–Trinajstić information content (AvgIpc) is 3.29. The molecular formula is C35H43I2N2O6S2+. The van der Waals surface area contributed by atoms with E-state index >= 15 is 0 Å². The molecule has 0 fully saturated rings. The number of nitrogens with zero attached hydrogens (tertiary/aromatic N) is 2. The molecule has 0 saturated carbocycles. The van der Waals surface area contributed by atoms with Gasteiger partial charge in [0, 0.05) is 54.6 Å². The summed E-state index contributed by atoms with van der Waals surface area (Å²) in [7, 11) is -7.96. The summed E-state index contributed by atoms with van der Waals surface area (Å²) in [5.41, 5.74) is 6.48. The van der Waals surface area contributed by atoms with E-state index in [1.165, 1.54) is 11.1 Å². The number of anilines is 1. The van der Waals surface area contributed by atoms with Crippen molar-refractivity contribution in [1.82, 2.24) is 0 Å². The van der Waals surface area contributed by atoms with Gasteiger partial charge < -0.3 is 4.90 Å². The summed E-state index contributed by atoms with van der Waals surface area (Å²) in [6.07, 6.45) is 16.3. The Bertz CT molecular complexity index is 1870. The summed E-state index contributed by atoms with van der Waals surface area (Å²) in [5.74, 6) is -0.484. The van der Waals surface area contributed by atoms with Crippen LogP contribution in [-0.4, -0.2) is 60.8 Å². The topological polar surface area (TPSA) is 115 Å². The molecule has 8 nitrogen and oxygen atoms in total. The largest absolute Gasteiger partial charge is 0.344 e. The Hall–Kier alpha value is -1.85. The Morgan fingerprint density at radius 2 is 1.32 bits per heavy atom. The molecule has 0 atom stereocenters. The van der Waals surface area contributed by atoms with E-state index < -0.39 is 20.2 Å². The second-order valence-corrected chi connectivity index (χ2v) is 18.6. The van der Waals surface area contributed by atoms with Crippen molar-refractivity contribution in [3.05, 3.63) is 103 Å². The van der Waals surface area contributed by atoms with Gasteiger partial charge in [0.05, 0.1) is 16.9 Å². The molecule has 2 N–H and O–H groups in total. The molecular weight excluding hydrogens is 862 g/mol. The first-order valence-electron chi connectivity index (χ1n) is 15.6. The zero-order valence-corrected chi connectivity index (χ0v) is 33.1. The number of hydrogen-bond acceptors (Lipinski definition) is 5. The molecule has 2 aliphatic rings. The van der Waals surface area contributed by atoms with Gasteiger partial charge >= 0.3 is 0 Å². The molecule has 0 bridgehead atoms. The van der Waals surface area contributed by atoms with Crippen molar-refractivity contribution in [1.29, 1.82) is 0 Å². The van der Waals surface area contributed by atoms with Gasteiger partial charge in [0.2, 0.25) is 5.69 Å². The minimum absolute atomic E-state index is 0.237. The zero-order chi connectivity index (χ0) is 34.6. The summed E-state index contributed by atoms with van der Waals surface area (Å²) >= 11 is 4.62. The van der Waals surface area contributed by atoms with E-state index in [1.54, 1.807) is 0 Å². The highest BCUT2D eigenvalue weighted by Crippen LogP contribution is 2.48. The van der Waals surface area contributed by atoms with Crippen LogP contribution in [0.15, 0.2) is 84.6 Å². The quantitative estimate of drug-likeness (QED) is 0.0651. The van der Waals surface area contributed by atoms with Crippen molar-refractivity contribution in [2.45, 2.75) is 64.2 Å². The van der Waals surface area contributed by atoms with Crippen LogP contribution in [0.2, 0.25) is 0 Å². The molecule has 0 spiro atoms. The van der Waals surface area contributed by atoms with Crippen LogP contribution in [0, 0.1) is 7.14 Å². The van der Waals surface area contributed by atoms with E-state index in [0.29, 0.717) is 38.8 Å². The van der Waals surface area contributed by atoms with Crippen LogP contribution in [0.1, 0.15) is 64.5 Å². The fourth-order valence-electron chi connectivity index (χ4n) is 6.40. The van der Waals surface area contributed by atoms with Crippen LogP contribution in [0.3, 0.4) is 0 Å². The highest BCUT2D eigenvalue weighted by molar-refractivity contribution is 14.1. The third-order valence-electron chi connectivity index (χ3n) is 8.73. The smallest absolute Gasteiger partial charge is 0.264 e. The normalized spacial score (nSPS) is 18.4. The first-order chi connectivity index (χ1) is 21.9. The molecule has 2 aromatic carbocycles. The van der Waals surface area contributed by atoms with E-state index in [0.717, 1.165) is 29.9 Å². The lowest BCUT2D eigenvalue weighted by Crippen LogP contribution is -2.28. The highest BCUT2D eigenvalue weighted by atomic mass is 127. The van der Waals surface area contributed by atoms with Crippen molar-refractivity contribution in [2.24, 2.45) is 0 Å². The number of hydrogen-bond donors (Lipinski definition) is 2. The Morgan fingerprint density at radius 1 is 0.745 bits per heavy atom. The van der Waals surface area contributed by atoms with E-state index in [2.05, 4.69) is 131 Å². The molecule has 2 aliphatic heterocycles. The predicted octanol–water partition coefficient (Wildman–Crippen LogP) is 7.96. The van der Waals surface area contributed by atoms with Crippen LogP contribution in [0.4, 0.5) is 11.4 Å². The standard InChI is InChI=1S/C35H42I2N2O6S2/c1-34(2)28-18-16-26(36)24-30(28)38(20-10-12-22-46(40,41)42)32(34)14-8-6-5-7-9-15-33-35(3,4)29-19-17-27(37)25-31(29)39(33)21-11-13-23-47(43,44)45/h5-9,14-19,24-25H,10-13,20-23H2,1-4H3,(H-,40,41,42,43,44,45)/p+1. The average molecular weight is 906 g/mol. The Labute approximate surface area is 307 Å². The number of benzene rings is 2. The first kappa shape index (κ1) is 38.0. The second kappa shape index (κ2) is 15.4. The van der Waals surface area contributed by atoms with Crippen molar-refractivity contribution < 1.29 is 30.5 Å². The molecule has 0 amide bonds. The molecule has 0 unspecified atom stereocenters. The molecule has 0 aromatic heterocycles. The van der Waals surface area contributed by atoms with Crippen LogP contribution < -0.4 is 4.90 Å². The van der Waals surface area contributed by atoms with E-state index in [4.69, 9.17) is 9.11 Å². The Balaban J connectivity index is 1.52. The fraction of sp³-hybridized carbons (Fsp3) is 0.400. The molecule has 12 heteroatoms. The number of rotatable bonds is 14. The third kappa shape index (κ3) is 9.65. The summed E-state index contributed by atoms with van der Waals surface area (Å²) < 4.78 is 67.8. The van der Waals surface area contributed by atoms with Gasteiger partial charge in [0.25, 0.3) is 20.2 Å². The van der Waals surface area contributed by atoms with Gasteiger partial charge in [-0.25, -0.2) is 0 Å². The Morgan fingerprint density at radius 3 is 1.98 bits per heavy atom. The van der Waals surface area contributed by atoms with Gasteiger partial charge in [-0.1, -0.05) is 56.4 Å². The van der Waals surface area contributed by atoms with Crippen LogP contribution in [0.25, 0.3) is 0 Å². The lowest BCUT2D eigenvalue weighted by atomic mass is 9.81. The van der Waals surface area contributed by atoms with Crippen molar-refractivity contribution in [3.8, 4) is 0 Å². The van der Waals surface area contributed by atoms with Gasteiger partial charge in [-0.05, 0) is 108 Å². The highest BCUT2D eigenvalue weighted by Gasteiger charge is 2.44. The molecule has 2 heterocycles. The number of unbranched alkanes of at least 4 members (excludes halogenated alkanes) is 2. The minimum atomic E-state index is -3.98. The first-order valence-corrected chi connectivity index (χ1v) is 20.9. The summed E-state index contributed by atoms with van der Waals surface area (Å²) in [5, 5.41) is 0. The molecule has 4 rings (SSSR count). The van der Waals surface area contributed by atoms with Gasteiger partial charge in [-0.15, -0.1) is 0 Å². The summed E-state index contributed by atoms with van der Waals surface area (Å²) in [6.45, 7) is 10.1. The van der Waals surface area contributed by atoms with Gasteiger partial charge in [0.1, 0.15) is 6.54 Å². The molecule has 0 radical (unpaired) electrons. The maximum atomic E-state index is 11.2. The van der Waals surface area contributed by atoms with Gasteiger partial charge in [0.15, 0.2) is 5.71 Å². The van der Waals surface area contributed by atoms with Crippen molar-refractivity contribution >= 4 is 82.5 Å². The molecule has 0 aliphatic carbocycles. The van der Waals surface area contributed by atoms with Crippen LogP contribution in [-0.2, 0) is 31.1 Å². The van der Waals surface area contributed by atoms with E-state index in [9.17, 15) is 16.8 Å². The number of allylic oxidation sites excluding steroid dienone is 8. The van der Waals surface area contributed by atoms with Crippen LogP contribution >= 0.6 is 45.2 Å². The van der Waals surface area contributed by atoms with Gasteiger partial charge in [-0.3, -0.25) is 9.11 Å². The Kier molecular flexibility index (Phi) is 12.4. The summed E-state index contributed by atoms with van der Waals surface area (Å²) in [4.78, 5) is 2.26. The number of fused-ring (bicyclic) bond motifs is 2. The fourth-order valence-corrected chi connectivity index (χ4v) is 8.48. The maximum Gasteiger partial charge on any atom is 0.264 e. The SMILES string of the molecule is CC1(C)C(/C=C/C=C/C=C/C=C2/N(CCCCS(=O)(=O)O)c3cc(I)ccc3C2(C)C)=[N+](CCCCS(=O)(=O)O)c2cc(I)ccc21. The van der Waals surface area contributed by atoms with E-state index in [-0.39, 0.29) is 22.3 Å². The van der Waals surface area contributed by atoms with Crippen LogP contribution in [0.5, 0.6) is 0 Å². The molecule has 2 aromatic rings. The monoisotopic (exact) mass is 905 g/mol. The number of halogens is 2.